The maximum atomic E-state index is 13.4. The van der Waals surface area contributed by atoms with Crippen LogP contribution in [0.3, 0.4) is 0 Å². The Hall–Kier alpha value is -3.74. The van der Waals surface area contributed by atoms with E-state index in [1.165, 1.54) is 12.1 Å². The molecular formula is C23H21N3O4. The number of benzene rings is 2. The van der Waals surface area contributed by atoms with Gasteiger partial charge in [0.25, 0.3) is 0 Å². The van der Waals surface area contributed by atoms with E-state index >= 15 is 0 Å². The van der Waals surface area contributed by atoms with Crippen molar-refractivity contribution in [2.24, 2.45) is 0 Å². The number of hydrogen-bond donors (Lipinski definition) is 2. The molecule has 1 aliphatic heterocycles. The van der Waals surface area contributed by atoms with E-state index in [-0.39, 0.29) is 23.7 Å². The second-order valence-corrected chi connectivity index (χ2v) is 7.60. The molecule has 0 aliphatic carbocycles. The molecule has 0 radical (unpaired) electrons. The molecule has 1 atom stereocenters. The first kappa shape index (κ1) is 19.6. The number of anilines is 1. The zero-order valence-corrected chi connectivity index (χ0v) is 16.9. The number of ketones is 1. The van der Waals surface area contributed by atoms with E-state index in [1.54, 1.807) is 23.7 Å². The van der Waals surface area contributed by atoms with E-state index in [0.717, 1.165) is 11.1 Å². The van der Waals surface area contributed by atoms with Crippen molar-refractivity contribution < 1.29 is 19.5 Å². The van der Waals surface area contributed by atoms with Gasteiger partial charge >= 0.3 is 5.97 Å². The molecule has 1 amide bonds. The molecule has 2 aromatic carbocycles. The molecule has 30 heavy (non-hydrogen) atoms. The molecule has 2 N–H and O–H groups in total. The number of Topliss-reactive ketones (excluding diaryl/α,β-unsaturated/α-hetero) is 1. The molecular weight excluding hydrogens is 382 g/mol. The number of aryl methyl sites for hydroxylation is 3. The van der Waals surface area contributed by atoms with E-state index in [2.05, 4.69) is 10.4 Å². The van der Waals surface area contributed by atoms with Gasteiger partial charge in [-0.25, -0.2) is 9.48 Å². The van der Waals surface area contributed by atoms with E-state index in [0.29, 0.717) is 28.3 Å². The smallest absolute Gasteiger partial charge is 0.335 e. The van der Waals surface area contributed by atoms with Gasteiger partial charge in [-0.2, -0.15) is 5.10 Å². The molecule has 1 unspecified atom stereocenters. The number of carboxylic acids is 1. The largest absolute Gasteiger partial charge is 0.478 e. The number of hydrogen-bond acceptors (Lipinski definition) is 4. The molecule has 152 valence electrons. The molecule has 1 aliphatic rings. The van der Waals surface area contributed by atoms with Gasteiger partial charge in [0.05, 0.1) is 22.9 Å². The lowest BCUT2D eigenvalue weighted by atomic mass is 9.84. The van der Waals surface area contributed by atoms with Gasteiger partial charge < -0.3 is 10.4 Å². The number of aromatic nitrogens is 2. The Kier molecular flexibility index (Phi) is 4.73. The number of carboxylic acid groups (broad SMARTS) is 1. The van der Waals surface area contributed by atoms with Crippen LogP contribution in [0.1, 0.15) is 55.4 Å². The maximum absolute atomic E-state index is 13.4. The molecule has 1 aromatic heterocycles. The maximum Gasteiger partial charge on any atom is 0.335 e. The molecule has 7 heteroatoms. The van der Waals surface area contributed by atoms with Crippen molar-refractivity contribution in [3.05, 3.63) is 76.0 Å². The number of carbonyl (C=O) groups is 3. The van der Waals surface area contributed by atoms with Gasteiger partial charge in [-0.15, -0.1) is 0 Å². The Morgan fingerprint density at radius 2 is 1.80 bits per heavy atom. The third kappa shape index (κ3) is 3.28. The number of fused-ring (bicyclic) bond motifs is 1. The van der Waals surface area contributed by atoms with E-state index in [1.807, 2.05) is 32.0 Å². The SMILES string of the molecule is Cc1ccc(C(=O)C2CC(=O)Nc3c2c(C)nn3-c2ccc(C(=O)O)cc2)c(C)c1. The highest BCUT2D eigenvalue weighted by atomic mass is 16.4. The number of nitrogens with one attached hydrogen (secondary N) is 1. The van der Waals surface area contributed by atoms with Crippen molar-refractivity contribution in [1.82, 2.24) is 9.78 Å². The summed E-state index contributed by atoms with van der Waals surface area (Å²) in [7, 11) is 0. The summed E-state index contributed by atoms with van der Waals surface area (Å²) in [5.74, 6) is -1.55. The molecule has 7 nitrogen and oxygen atoms in total. The Bertz CT molecular complexity index is 1190. The summed E-state index contributed by atoms with van der Waals surface area (Å²) < 4.78 is 1.55. The second-order valence-electron chi connectivity index (χ2n) is 7.60. The van der Waals surface area contributed by atoms with Crippen LogP contribution < -0.4 is 5.32 Å². The van der Waals surface area contributed by atoms with Crippen LogP contribution in [0.15, 0.2) is 42.5 Å². The first-order valence-corrected chi connectivity index (χ1v) is 9.61. The number of nitrogens with zero attached hydrogens (tertiary/aromatic N) is 2. The minimum absolute atomic E-state index is 0.0592. The molecule has 0 saturated carbocycles. The fraction of sp³-hybridized carbons (Fsp3) is 0.217. The van der Waals surface area contributed by atoms with Gasteiger partial charge in [-0.1, -0.05) is 23.8 Å². The first-order valence-electron chi connectivity index (χ1n) is 9.61. The number of carbonyl (C=O) groups excluding carboxylic acids is 2. The van der Waals surface area contributed by atoms with Crippen molar-refractivity contribution in [2.75, 3.05) is 5.32 Å². The molecule has 3 aromatic rings. The normalized spacial score (nSPS) is 15.4. The number of aromatic carboxylic acids is 1. The van der Waals surface area contributed by atoms with Gasteiger partial charge in [-0.05, 0) is 50.6 Å². The van der Waals surface area contributed by atoms with Crippen LogP contribution in [0.25, 0.3) is 5.69 Å². The fourth-order valence-corrected chi connectivity index (χ4v) is 3.98. The second kappa shape index (κ2) is 7.26. The Labute approximate surface area is 173 Å². The molecule has 0 spiro atoms. The Morgan fingerprint density at radius 3 is 2.43 bits per heavy atom. The average molecular weight is 403 g/mol. The van der Waals surface area contributed by atoms with E-state index in [4.69, 9.17) is 5.11 Å². The lowest BCUT2D eigenvalue weighted by Crippen LogP contribution is -2.28. The zero-order valence-electron chi connectivity index (χ0n) is 16.9. The molecule has 4 rings (SSSR count). The number of amides is 1. The third-order valence-electron chi connectivity index (χ3n) is 5.43. The Morgan fingerprint density at radius 1 is 1.10 bits per heavy atom. The first-order chi connectivity index (χ1) is 14.3. The topological polar surface area (TPSA) is 101 Å². The summed E-state index contributed by atoms with van der Waals surface area (Å²) in [6.45, 7) is 5.67. The van der Waals surface area contributed by atoms with E-state index < -0.39 is 11.9 Å². The van der Waals surface area contributed by atoms with Gasteiger partial charge in [0, 0.05) is 17.5 Å². The van der Waals surface area contributed by atoms with E-state index in [9.17, 15) is 14.4 Å². The highest BCUT2D eigenvalue weighted by Crippen LogP contribution is 2.38. The lowest BCUT2D eigenvalue weighted by molar-refractivity contribution is -0.116. The highest BCUT2D eigenvalue weighted by Gasteiger charge is 2.36. The van der Waals surface area contributed by atoms with Gasteiger partial charge in [0.2, 0.25) is 5.91 Å². The standard InChI is InChI=1S/C23H21N3O4/c1-12-4-9-17(13(2)10-12)21(28)18-11-19(27)24-22-20(18)14(3)25-26(22)16-7-5-15(6-8-16)23(29)30/h4-10,18H,11H2,1-3H3,(H,24,27)(H,29,30). The predicted octanol–water partition coefficient (Wildman–Crippen LogP) is 3.80. The monoisotopic (exact) mass is 403 g/mol. The summed E-state index contributed by atoms with van der Waals surface area (Å²) in [6.07, 6.45) is 0.0592. The van der Waals surface area contributed by atoms with Crippen LogP contribution in [0.4, 0.5) is 5.82 Å². The minimum Gasteiger partial charge on any atom is -0.478 e. The highest BCUT2D eigenvalue weighted by molar-refractivity contribution is 6.08. The van der Waals surface area contributed by atoms with Crippen molar-refractivity contribution in [1.29, 1.82) is 0 Å². The summed E-state index contributed by atoms with van der Waals surface area (Å²) >= 11 is 0. The molecule has 0 saturated heterocycles. The fourth-order valence-electron chi connectivity index (χ4n) is 3.98. The van der Waals surface area contributed by atoms with Gasteiger partial charge in [0.1, 0.15) is 5.82 Å². The van der Waals surface area contributed by atoms with Crippen LogP contribution >= 0.6 is 0 Å². The van der Waals surface area contributed by atoms with Crippen molar-refractivity contribution >= 4 is 23.5 Å². The van der Waals surface area contributed by atoms with Gasteiger partial charge in [0.15, 0.2) is 5.78 Å². The predicted molar refractivity (Wildman–Crippen MR) is 111 cm³/mol. The molecule has 0 bridgehead atoms. The molecule has 2 heterocycles. The molecule has 0 fully saturated rings. The summed E-state index contributed by atoms with van der Waals surface area (Å²) in [4.78, 5) is 37.0. The van der Waals surface area contributed by atoms with Crippen LogP contribution in [0.2, 0.25) is 0 Å². The summed E-state index contributed by atoms with van der Waals surface area (Å²) in [6, 6.07) is 11.9. The quantitative estimate of drug-likeness (QED) is 0.645. The van der Waals surface area contributed by atoms with Crippen molar-refractivity contribution in [3.8, 4) is 5.69 Å². The van der Waals surface area contributed by atoms with Crippen molar-refractivity contribution in [2.45, 2.75) is 33.1 Å². The minimum atomic E-state index is -1.02. The van der Waals surface area contributed by atoms with Crippen molar-refractivity contribution in [3.63, 3.8) is 0 Å². The number of rotatable bonds is 4. The van der Waals surface area contributed by atoms with Crippen LogP contribution in [0.5, 0.6) is 0 Å². The van der Waals surface area contributed by atoms with Gasteiger partial charge in [-0.3, -0.25) is 9.59 Å². The average Bonchev–Trinajstić information content (AvgIpc) is 3.03. The zero-order chi connectivity index (χ0) is 21.6. The third-order valence-corrected chi connectivity index (χ3v) is 5.43. The summed E-state index contributed by atoms with van der Waals surface area (Å²) in [5.41, 5.74) is 4.65. The summed E-state index contributed by atoms with van der Waals surface area (Å²) in [5, 5.41) is 16.5. The Balaban J connectivity index is 1.79. The lowest BCUT2D eigenvalue weighted by Gasteiger charge is -2.23. The van der Waals surface area contributed by atoms with Crippen LogP contribution in [-0.2, 0) is 4.79 Å². The van der Waals surface area contributed by atoms with Crippen LogP contribution in [-0.4, -0.2) is 32.5 Å². The van der Waals surface area contributed by atoms with Crippen LogP contribution in [0, 0.1) is 20.8 Å².